The first-order valence-corrected chi connectivity index (χ1v) is 6.95. The van der Waals surface area contributed by atoms with Crippen LogP contribution < -0.4 is 11.1 Å². The molecular formula is C15H15N5S. The van der Waals surface area contributed by atoms with E-state index < -0.39 is 0 Å². The van der Waals surface area contributed by atoms with Gasteiger partial charge in [-0.15, -0.1) is 0 Å². The Bertz CT molecular complexity index is 837. The number of fused-ring (bicyclic) bond motifs is 1. The lowest BCUT2D eigenvalue weighted by molar-refractivity contribution is 0.811. The predicted octanol–water partition coefficient (Wildman–Crippen LogP) is 2.69. The Morgan fingerprint density at radius 2 is 2.05 bits per heavy atom. The molecule has 0 spiro atoms. The van der Waals surface area contributed by atoms with Crippen molar-refractivity contribution in [3.8, 4) is 5.82 Å². The molecule has 0 unspecified atom stereocenters. The van der Waals surface area contributed by atoms with Crippen molar-refractivity contribution in [2.75, 3.05) is 5.32 Å². The zero-order chi connectivity index (χ0) is 15.0. The largest absolute Gasteiger partial charge is 0.376 e. The van der Waals surface area contributed by atoms with Gasteiger partial charge in [0.05, 0.1) is 16.9 Å². The Labute approximate surface area is 127 Å². The van der Waals surface area contributed by atoms with E-state index in [1.54, 1.807) is 0 Å². The van der Waals surface area contributed by atoms with Gasteiger partial charge in [-0.2, -0.15) is 5.10 Å². The van der Waals surface area contributed by atoms with E-state index in [1.807, 2.05) is 54.9 Å². The third kappa shape index (κ3) is 2.57. The van der Waals surface area contributed by atoms with Gasteiger partial charge in [0.25, 0.3) is 0 Å². The number of anilines is 1. The number of nitrogens with zero attached hydrogens (tertiary/aromatic N) is 3. The van der Waals surface area contributed by atoms with Gasteiger partial charge in [-0.05, 0) is 50.3 Å². The molecule has 0 aliphatic heterocycles. The fourth-order valence-corrected chi connectivity index (χ4v) is 2.46. The van der Waals surface area contributed by atoms with Gasteiger partial charge in [-0.3, -0.25) is 0 Å². The lowest BCUT2D eigenvalue weighted by Crippen LogP contribution is -2.19. The van der Waals surface area contributed by atoms with E-state index in [2.05, 4.69) is 10.4 Å². The van der Waals surface area contributed by atoms with Crippen LogP contribution >= 0.6 is 12.2 Å². The fourth-order valence-electron chi connectivity index (χ4n) is 2.35. The molecule has 0 saturated carbocycles. The summed E-state index contributed by atoms with van der Waals surface area (Å²) in [5.74, 6) is 0.769. The molecule has 3 aromatic rings. The third-order valence-electron chi connectivity index (χ3n) is 3.19. The summed E-state index contributed by atoms with van der Waals surface area (Å²) in [5, 5.41) is 8.66. The Morgan fingerprint density at radius 1 is 1.24 bits per heavy atom. The first-order chi connectivity index (χ1) is 10.0. The van der Waals surface area contributed by atoms with E-state index in [4.69, 9.17) is 22.9 Å². The number of thiocarbonyl (C=S) groups is 1. The van der Waals surface area contributed by atoms with Gasteiger partial charge < -0.3 is 11.1 Å². The molecule has 106 valence electrons. The Balaban J connectivity index is 2.18. The van der Waals surface area contributed by atoms with Crippen LogP contribution in [0, 0.1) is 13.8 Å². The number of hydrogen-bond donors (Lipinski definition) is 2. The van der Waals surface area contributed by atoms with Crippen molar-refractivity contribution in [2.45, 2.75) is 13.8 Å². The Kier molecular flexibility index (Phi) is 3.31. The Morgan fingerprint density at radius 3 is 2.71 bits per heavy atom. The number of hydrogen-bond acceptors (Lipinski definition) is 3. The molecule has 0 aliphatic rings. The van der Waals surface area contributed by atoms with Crippen LogP contribution in [0.2, 0.25) is 0 Å². The minimum absolute atomic E-state index is 0.223. The van der Waals surface area contributed by atoms with Crippen molar-refractivity contribution in [3.05, 3.63) is 47.8 Å². The summed E-state index contributed by atoms with van der Waals surface area (Å²) >= 11 is 4.91. The van der Waals surface area contributed by atoms with Crippen molar-refractivity contribution in [3.63, 3.8) is 0 Å². The lowest BCUT2D eigenvalue weighted by Gasteiger charge is -2.09. The summed E-state index contributed by atoms with van der Waals surface area (Å²) in [6.45, 7) is 3.97. The molecule has 3 rings (SSSR count). The topological polar surface area (TPSA) is 68.8 Å². The monoisotopic (exact) mass is 297 g/mol. The summed E-state index contributed by atoms with van der Waals surface area (Å²) in [7, 11) is 0. The zero-order valence-electron chi connectivity index (χ0n) is 11.8. The summed E-state index contributed by atoms with van der Waals surface area (Å²) in [4.78, 5) is 4.70. The van der Waals surface area contributed by atoms with Crippen LogP contribution in [0.3, 0.4) is 0 Å². The summed E-state index contributed by atoms with van der Waals surface area (Å²) in [5.41, 5.74) is 9.18. The van der Waals surface area contributed by atoms with Gasteiger partial charge in [0.2, 0.25) is 0 Å². The summed E-state index contributed by atoms with van der Waals surface area (Å²) in [6.07, 6.45) is 0. The molecule has 0 amide bonds. The highest BCUT2D eigenvalue weighted by molar-refractivity contribution is 7.80. The molecule has 0 radical (unpaired) electrons. The van der Waals surface area contributed by atoms with Crippen molar-refractivity contribution in [1.82, 2.24) is 14.8 Å². The number of aromatic nitrogens is 3. The first kappa shape index (κ1) is 13.5. The number of aryl methyl sites for hydroxylation is 2. The third-order valence-corrected chi connectivity index (χ3v) is 3.29. The average Bonchev–Trinajstić information content (AvgIpc) is 2.77. The minimum Gasteiger partial charge on any atom is -0.376 e. The molecule has 6 heteroatoms. The van der Waals surface area contributed by atoms with E-state index in [1.165, 1.54) is 0 Å². The molecule has 0 aliphatic carbocycles. The van der Waals surface area contributed by atoms with Crippen molar-refractivity contribution < 1.29 is 0 Å². The number of nitrogens with two attached hydrogens (primary N) is 1. The van der Waals surface area contributed by atoms with Crippen LogP contribution in [0.1, 0.15) is 11.4 Å². The summed E-state index contributed by atoms with van der Waals surface area (Å²) in [6, 6.07) is 11.8. The molecule has 0 atom stereocenters. The first-order valence-electron chi connectivity index (χ1n) is 6.54. The van der Waals surface area contributed by atoms with Crippen LogP contribution in [0.25, 0.3) is 16.7 Å². The van der Waals surface area contributed by atoms with Crippen LogP contribution in [0.4, 0.5) is 5.69 Å². The highest BCUT2D eigenvalue weighted by Crippen LogP contribution is 2.23. The number of pyridine rings is 1. The van der Waals surface area contributed by atoms with E-state index in [9.17, 15) is 0 Å². The number of benzene rings is 1. The maximum Gasteiger partial charge on any atom is 0.168 e. The minimum atomic E-state index is 0.223. The lowest BCUT2D eigenvalue weighted by atomic mass is 10.2. The second-order valence-corrected chi connectivity index (χ2v) is 5.31. The number of para-hydroxylation sites is 1. The van der Waals surface area contributed by atoms with Gasteiger partial charge in [-0.1, -0.05) is 12.1 Å². The SMILES string of the molecule is Cc1cc(C)n(-c2ccc3cccc(NC(N)=S)c3n2)n1. The quantitative estimate of drug-likeness (QED) is 0.712. The molecule has 0 fully saturated rings. The van der Waals surface area contributed by atoms with Crippen LogP contribution in [0.5, 0.6) is 0 Å². The van der Waals surface area contributed by atoms with Crippen LogP contribution in [0.15, 0.2) is 36.4 Å². The zero-order valence-corrected chi connectivity index (χ0v) is 12.6. The van der Waals surface area contributed by atoms with E-state index in [-0.39, 0.29) is 5.11 Å². The van der Waals surface area contributed by atoms with Gasteiger partial charge in [-0.25, -0.2) is 9.67 Å². The molecule has 0 bridgehead atoms. The molecule has 1 aromatic carbocycles. The van der Waals surface area contributed by atoms with Gasteiger partial charge in [0.1, 0.15) is 0 Å². The molecule has 0 saturated heterocycles. The second kappa shape index (κ2) is 5.14. The van der Waals surface area contributed by atoms with Gasteiger partial charge in [0.15, 0.2) is 10.9 Å². The second-order valence-electron chi connectivity index (χ2n) is 4.87. The van der Waals surface area contributed by atoms with Gasteiger partial charge >= 0.3 is 0 Å². The van der Waals surface area contributed by atoms with E-state index in [0.29, 0.717) is 0 Å². The molecule has 2 aromatic heterocycles. The molecule has 3 N–H and O–H groups in total. The molecule has 2 heterocycles. The highest BCUT2D eigenvalue weighted by atomic mass is 32.1. The molecule has 5 nitrogen and oxygen atoms in total. The molecular weight excluding hydrogens is 282 g/mol. The van der Waals surface area contributed by atoms with Crippen molar-refractivity contribution in [2.24, 2.45) is 5.73 Å². The number of nitrogens with one attached hydrogen (secondary N) is 1. The normalized spacial score (nSPS) is 10.8. The Hall–Kier alpha value is -2.47. The van der Waals surface area contributed by atoms with Gasteiger partial charge in [0, 0.05) is 11.1 Å². The fraction of sp³-hybridized carbons (Fsp3) is 0.133. The van der Waals surface area contributed by atoms with Crippen molar-refractivity contribution >= 4 is 33.9 Å². The maximum atomic E-state index is 5.57. The summed E-state index contributed by atoms with van der Waals surface area (Å²) < 4.78 is 1.83. The maximum absolute atomic E-state index is 5.57. The predicted molar refractivity (Wildman–Crippen MR) is 88.7 cm³/mol. The smallest absolute Gasteiger partial charge is 0.168 e. The average molecular weight is 297 g/mol. The van der Waals surface area contributed by atoms with E-state index >= 15 is 0 Å². The van der Waals surface area contributed by atoms with E-state index in [0.717, 1.165) is 33.8 Å². The van der Waals surface area contributed by atoms with Crippen molar-refractivity contribution in [1.29, 1.82) is 0 Å². The number of rotatable bonds is 2. The van der Waals surface area contributed by atoms with Crippen LogP contribution in [-0.4, -0.2) is 19.9 Å². The highest BCUT2D eigenvalue weighted by Gasteiger charge is 2.08. The standard InChI is InChI=1S/C15H15N5S/c1-9-8-10(2)20(19-9)13-7-6-11-4-3-5-12(14(11)18-13)17-15(16)21/h3-8H,1-2H3,(H3,16,17,21). The molecule has 21 heavy (non-hydrogen) atoms. The van der Waals surface area contributed by atoms with Crippen LogP contribution in [-0.2, 0) is 0 Å².